The lowest BCUT2D eigenvalue weighted by Crippen LogP contribution is -2.72. The third kappa shape index (κ3) is 6.30. The molecule has 2 N–H and O–H groups in total. The SMILES string of the molecule is CNC(=O)[C@@H]1[C@@H](OC(=O)c2ccccc2)[C@@H](O)[C@H](OC(=O)c2ccccc2)[C@@H](C(F)F)N1Cc1ccccc1. The molecule has 1 fully saturated rings. The molecular weight excluding hydrogens is 510 g/mol. The Hall–Kier alpha value is -4.15. The minimum Gasteiger partial charge on any atom is -0.454 e. The predicted molar refractivity (Wildman–Crippen MR) is 137 cm³/mol. The van der Waals surface area contributed by atoms with Gasteiger partial charge in [-0.05, 0) is 29.8 Å². The number of piperidine rings is 1. The maximum Gasteiger partial charge on any atom is 0.338 e. The number of likely N-dealkylation sites (tertiary alicyclic amines) is 1. The van der Waals surface area contributed by atoms with Crippen molar-refractivity contribution in [3.8, 4) is 0 Å². The number of ether oxygens (including phenoxy) is 2. The Kier molecular flexibility index (Phi) is 9.00. The number of hydrogen-bond acceptors (Lipinski definition) is 7. The van der Waals surface area contributed by atoms with Gasteiger partial charge in [0.05, 0.1) is 11.1 Å². The number of rotatable bonds is 8. The number of nitrogens with zero attached hydrogens (tertiary/aromatic N) is 1. The Labute approximate surface area is 224 Å². The minimum absolute atomic E-state index is 0.0820. The van der Waals surface area contributed by atoms with Crippen molar-refractivity contribution in [3.05, 3.63) is 108 Å². The van der Waals surface area contributed by atoms with Crippen LogP contribution in [-0.4, -0.2) is 71.7 Å². The topological polar surface area (TPSA) is 105 Å². The molecule has 0 spiro atoms. The lowest BCUT2D eigenvalue weighted by atomic mass is 9.86. The first-order chi connectivity index (χ1) is 18.8. The van der Waals surface area contributed by atoms with Crippen LogP contribution in [0.4, 0.5) is 8.78 Å². The minimum atomic E-state index is -3.14. The van der Waals surface area contributed by atoms with Crippen LogP contribution in [0.5, 0.6) is 0 Å². The fourth-order valence-corrected chi connectivity index (χ4v) is 4.68. The smallest absolute Gasteiger partial charge is 0.338 e. The molecular formula is C29H28F2N2O6. The largest absolute Gasteiger partial charge is 0.454 e. The number of aliphatic hydroxyl groups excluding tert-OH is 1. The summed E-state index contributed by atoms with van der Waals surface area (Å²) in [7, 11) is 1.31. The first-order valence-corrected chi connectivity index (χ1v) is 12.3. The number of aliphatic hydroxyl groups is 1. The number of carbonyl (C=O) groups is 3. The second-order valence-corrected chi connectivity index (χ2v) is 9.00. The van der Waals surface area contributed by atoms with Gasteiger partial charge in [-0.2, -0.15) is 0 Å². The van der Waals surface area contributed by atoms with Gasteiger partial charge in [-0.25, -0.2) is 18.4 Å². The molecule has 3 aromatic carbocycles. The molecule has 39 heavy (non-hydrogen) atoms. The summed E-state index contributed by atoms with van der Waals surface area (Å²) in [4.78, 5) is 40.2. The molecule has 0 unspecified atom stereocenters. The third-order valence-corrected chi connectivity index (χ3v) is 6.55. The Morgan fingerprint density at radius 1 is 0.821 bits per heavy atom. The van der Waals surface area contributed by atoms with Crippen LogP contribution in [0, 0.1) is 0 Å². The molecule has 0 bridgehead atoms. The number of alkyl halides is 2. The van der Waals surface area contributed by atoms with Crippen molar-refractivity contribution in [2.75, 3.05) is 7.05 Å². The van der Waals surface area contributed by atoms with Gasteiger partial charge in [0.2, 0.25) is 5.91 Å². The van der Waals surface area contributed by atoms with Crippen LogP contribution in [0.3, 0.4) is 0 Å². The zero-order valence-electron chi connectivity index (χ0n) is 21.0. The summed E-state index contributed by atoms with van der Waals surface area (Å²) < 4.78 is 40.6. The Morgan fingerprint density at radius 2 is 1.28 bits per heavy atom. The fourth-order valence-electron chi connectivity index (χ4n) is 4.68. The van der Waals surface area contributed by atoms with Gasteiger partial charge in [0.1, 0.15) is 18.2 Å². The zero-order chi connectivity index (χ0) is 27.9. The summed E-state index contributed by atoms with van der Waals surface area (Å²) in [5.74, 6) is -2.58. The van der Waals surface area contributed by atoms with Crippen molar-refractivity contribution in [1.29, 1.82) is 0 Å². The maximum absolute atomic E-state index is 14.8. The summed E-state index contributed by atoms with van der Waals surface area (Å²) in [5, 5.41) is 13.8. The summed E-state index contributed by atoms with van der Waals surface area (Å²) >= 11 is 0. The molecule has 4 rings (SSSR count). The van der Waals surface area contributed by atoms with Gasteiger partial charge in [-0.3, -0.25) is 9.69 Å². The lowest BCUT2D eigenvalue weighted by molar-refractivity contribution is -0.195. The van der Waals surface area contributed by atoms with E-state index in [1.807, 2.05) is 0 Å². The molecule has 0 aromatic heterocycles. The van der Waals surface area contributed by atoms with E-state index in [9.17, 15) is 28.3 Å². The molecule has 1 saturated heterocycles. The molecule has 10 heteroatoms. The summed E-state index contributed by atoms with van der Waals surface area (Å²) in [5.41, 5.74) is 0.789. The average Bonchev–Trinajstić information content (AvgIpc) is 2.96. The highest BCUT2D eigenvalue weighted by Gasteiger charge is 2.57. The number of amides is 1. The van der Waals surface area contributed by atoms with Gasteiger partial charge in [-0.1, -0.05) is 66.7 Å². The van der Waals surface area contributed by atoms with Gasteiger partial charge in [0.25, 0.3) is 6.43 Å². The Bertz CT molecular complexity index is 1260. The van der Waals surface area contributed by atoms with Gasteiger partial charge in [-0.15, -0.1) is 0 Å². The third-order valence-electron chi connectivity index (χ3n) is 6.55. The summed E-state index contributed by atoms with van der Waals surface area (Å²) in [6, 6.07) is 20.7. The van der Waals surface area contributed by atoms with Crippen LogP contribution in [0.15, 0.2) is 91.0 Å². The van der Waals surface area contributed by atoms with E-state index in [1.165, 1.54) is 31.3 Å². The molecule has 0 saturated carbocycles. The monoisotopic (exact) mass is 538 g/mol. The second kappa shape index (κ2) is 12.6. The highest BCUT2D eigenvalue weighted by Crippen LogP contribution is 2.34. The normalized spacial score (nSPS) is 23.2. The fraction of sp³-hybridized carbons (Fsp3) is 0.276. The van der Waals surface area contributed by atoms with Gasteiger partial charge >= 0.3 is 11.9 Å². The summed E-state index contributed by atoms with van der Waals surface area (Å²) in [6.07, 6.45) is -8.57. The number of nitrogens with one attached hydrogen (secondary N) is 1. The van der Waals surface area contributed by atoms with Gasteiger partial charge in [0.15, 0.2) is 12.2 Å². The standard InChI is InChI=1S/C29H28F2N2O6/c1-32-27(35)22-25(39-29(37)20-15-9-4-10-16-20)23(34)24(38-28(36)19-13-7-3-8-14-19)21(26(30)31)33(22)17-18-11-5-2-6-12-18/h2-16,21-26,34H,17H2,1H3,(H,32,35)/t21-,22-,23-,24+,25+/m0/s1. The van der Waals surface area contributed by atoms with Crippen molar-refractivity contribution in [2.24, 2.45) is 0 Å². The molecule has 1 heterocycles. The molecule has 1 aliphatic rings. The average molecular weight is 539 g/mol. The Morgan fingerprint density at radius 3 is 1.74 bits per heavy atom. The Balaban J connectivity index is 1.78. The predicted octanol–water partition coefficient (Wildman–Crippen LogP) is 3.06. The maximum atomic E-state index is 14.8. The molecule has 0 radical (unpaired) electrons. The number of carbonyl (C=O) groups excluding carboxylic acids is 3. The van der Waals surface area contributed by atoms with Gasteiger partial charge in [0, 0.05) is 13.6 Å². The number of esters is 2. The van der Waals surface area contributed by atoms with Crippen molar-refractivity contribution in [1.82, 2.24) is 10.2 Å². The van der Waals surface area contributed by atoms with E-state index in [-0.39, 0.29) is 17.7 Å². The molecule has 204 valence electrons. The molecule has 1 amide bonds. The van der Waals surface area contributed by atoms with Crippen LogP contribution in [-0.2, 0) is 20.8 Å². The molecule has 8 nitrogen and oxygen atoms in total. The van der Waals surface area contributed by atoms with E-state index in [0.29, 0.717) is 5.56 Å². The van der Waals surface area contributed by atoms with Crippen molar-refractivity contribution in [2.45, 2.75) is 43.4 Å². The molecule has 0 aliphatic carbocycles. The number of likely N-dealkylation sites (N-methyl/N-ethyl adjacent to an activating group) is 1. The van der Waals surface area contributed by atoms with Crippen LogP contribution in [0.1, 0.15) is 26.3 Å². The number of hydrogen-bond donors (Lipinski definition) is 2. The molecule has 5 atom stereocenters. The highest BCUT2D eigenvalue weighted by atomic mass is 19.3. The number of halogens is 2. The summed E-state index contributed by atoms with van der Waals surface area (Å²) in [6.45, 7) is -0.181. The van der Waals surface area contributed by atoms with Crippen molar-refractivity contribution in [3.63, 3.8) is 0 Å². The lowest BCUT2D eigenvalue weighted by Gasteiger charge is -2.49. The van der Waals surface area contributed by atoms with Crippen LogP contribution < -0.4 is 5.32 Å². The first-order valence-electron chi connectivity index (χ1n) is 12.3. The van der Waals surface area contributed by atoms with Crippen LogP contribution >= 0.6 is 0 Å². The number of benzene rings is 3. The first kappa shape index (κ1) is 27.9. The van der Waals surface area contributed by atoms with E-state index < -0.39 is 54.7 Å². The zero-order valence-corrected chi connectivity index (χ0v) is 21.0. The van der Waals surface area contributed by atoms with E-state index in [1.54, 1.807) is 66.7 Å². The second-order valence-electron chi connectivity index (χ2n) is 9.00. The van der Waals surface area contributed by atoms with E-state index >= 15 is 0 Å². The molecule has 3 aromatic rings. The van der Waals surface area contributed by atoms with E-state index in [0.717, 1.165) is 4.90 Å². The van der Waals surface area contributed by atoms with Crippen LogP contribution in [0.25, 0.3) is 0 Å². The van der Waals surface area contributed by atoms with Gasteiger partial charge < -0.3 is 19.9 Å². The van der Waals surface area contributed by atoms with Crippen LogP contribution in [0.2, 0.25) is 0 Å². The highest BCUT2D eigenvalue weighted by molar-refractivity contribution is 5.91. The van der Waals surface area contributed by atoms with Crippen molar-refractivity contribution < 1.29 is 37.7 Å². The quantitative estimate of drug-likeness (QED) is 0.425. The van der Waals surface area contributed by atoms with Crippen molar-refractivity contribution >= 4 is 17.8 Å². The molecule has 1 aliphatic heterocycles. The van der Waals surface area contributed by atoms with E-state index in [2.05, 4.69) is 5.32 Å². The van der Waals surface area contributed by atoms with E-state index in [4.69, 9.17) is 9.47 Å².